The number of nitrogens with one attached hydrogen (secondary N) is 1. The van der Waals surface area contributed by atoms with Crippen molar-refractivity contribution in [3.63, 3.8) is 0 Å². The van der Waals surface area contributed by atoms with Crippen LogP contribution in [0.5, 0.6) is 0 Å². The number of hydrogen-bond donors (Lipinski definition) is 2. The zero-order valence-corrected chi connectivity index (χ0v) is 11.8. The number of nitrogens with two attached hydrogens (primary N) is 1. The van der Waals surface area contributed by atoms with E-state index in [-0.39, 0.29) is 18.4 Å². The third-order valence-electron chi connectivity index (χ3n) is 2.55. The van der Waals surface area contributed by atoms with Gasteiger partial charge in [0.05, 0.1) is 13.2 Å². The van der Waals surface area contributed by atoms with Gasteiger partial charge in [0.25, 0.3) is 0 Å². The quantitative estimate of drug-likeness (QED) is 0.570. The molecule has 0 aromatic heterocycles. The molecular weight excluding hydrogens is 267 g/mol. The minimum Gasteiger partial charge on any atom is -0.376 e. The molecule has 3 N–H and O–H groups in total. The Hall–Kier alpha value is -0.940. The molecule has 1 atom stereocenters. The first-order valence-electron chi connectivity index (χ1n) is 6.15. The lowest BCUT2D eigenvalue weighted by atomic mass is 10.1. The fourth-order valence-electron chi connectivity index (χ4n) is 1.65. The number of halogens is 2. The number of hydrogen-bond acceptors (Lipinski definition) is 3. The van der Waals surface area contributed by atoms with Gasteiger partial charge in [-0.05, 0) is 25.1 Å². The summed E-state index contributed by atoms with van der Waals surface area (Å²) in [7, 11) is 0. The largest absolute Gasteiger partial charge is 0.376 e. The van der Waals surface area contributed by atoms with Crippen LogP contribution < -0.4 is 11.1 Å². The summed E-state index contributed by atoms with van der Waals surface area (Å²) in [5, 5.41) is 3.64. The summed E-state index contributed by atoms with van der Waals surface area (Å²) in [5.74, 6) is -0.310. The fourth-order valence-corrected chi connectivity index (χ4v) is 1.83. The van der Waals surface area contributed by atoms with Crippen molar-refractivity contribution in [3.8, 4) is 0 Å². The van der Waals surface area contributed by atoms with Crippen LogP contribution >= 0.6 is 11.6 Å². The van der Waals surface area contributed by atoms with Crippen molar-refractivity contribution in [1.82, 2.24) is 5.32 Å². The van der Waals surface area contributed by atoms with Gasteiger partial charge in [0.2, 0.25) is 0 Å². The Balaban J connectivity index is 2.49. The van der Waals surface area contributed by atoms with Crippen LogP contribution in [0.2, 0.25) is 5.02 Å². The first-order valence-corrected chi connectivity index (χ1v) is 6.53. The zero-order valence-electron chi connectivity index (χ0n) is 11.1. The third kappa shape index (κ3) is 5.70. The lowest BCUT2D eigenvalue weighted by Crippen LogP contribution is -2.31. The molecule has 0 aliphatic heterocycles. The summed E-state index contributed by atoms with van der Waals surface area (Å²) in [6.45, 7) is 7.57. The average molecular weight is 287 g/mol. The van der Waals surface area contributed by atoms with Crippen LogP contribution in [0.15, 0.2) is 30.4 Å². The van der Waals surface area contributed by atoms with Gasteiger partial charge in [-0.2, -0.15) is 0 Å². The first-order chi connectivity index (χ1) is 9.04. The van der Waals surface area contributed by atoms with Crippen LogP contribution in [-0.2, 0) is 4.74 Å². The third-order valence-corrected chi connectivity index (χ3v) is 2.79. The van der Waals surface area contributed by atoms with Gasteiger partial charge in [0.1, 0.15) is 5.82 Å². The summed E-state index contributed by atoms with van der Waals surface area (Å²) in [6, 6.07) is 4.19. The maximum Gasteiger partial charge on any atom is 0.128 e. The lowest BCUT2D eigenvalue weighted by Gasteiger charge is -2.18. The zero-order chi connectivity index (χ0) is 14.3. The Kier molecular flexibility index (Phi) is 7.02. The number of rotatable bonds is 8. The van der Waals surface area contributed by atoms with Crippen LogP contribution in [0.1, 0.15) is 18.5 Å². The SMILES string of the molecule is C=C(C)COCCNC(CN)c1cc(Cl)ccc1F. The molecule has 1 aromatic carbocycles. The van der Waals surface area contributed by atoms with Gasteiger partial charge in [-0.15, -0.1) is 0 Å². The van der Waals surface area contributed by atoms with Crippen molar-refractivity contribution in [1.29, 1.82) is 0 Å². The number of ether oxygens (including phenoxy) is 1. The predicted octanol–water partition coefficient (Wildman–Crippen LogP) is 2.66. The minimum absolute atomic E-state index is 0.271. The van der Waals surface area contributed by atoms with Gasteiger partial charge >= 0.3 is 0 Å². The molecule has 0 aliphatic carbocycles. The molecule has 0 fully saturated rings. The van der Waals surface area contributed by atoms with Gasteiger partial charge in [0.15, 0.2) is 0 Å². The second-order valence-electron chi connectivity index (χ2n) is 4.42. The van der Waals surface area contributed by atoms with E-state index in [0.717, 1.165) is 5.57 Å². The Bertz CT molecular complexity index is 426. The maximum absolute atomic E-state index is 13.7. The molecule has 0 saturated carbocycles. The van der Waals surface area contributed by atoms with E-state index in [2.05, 4.69) is 11.9 Å². The summed E-state index contributed by atoms with van der Waals surface area (Å²) in [4.78, 5) is 0. The molecule has 5 heteroatoms. The van der Waals surface area contributed by atoms with Crippen molar-refractivity contribution < 1.29 is 9.13 Å². The second-order valence-corrected chi connectivity index (χ2v) is 4.85. The summed E-state index contributed by atoms with van der Waals surface area (Å²) >= 11 is 5.87. The van der Waals surface area contributed by atoms with Crippen molar-refractivity contribution in [2.24, 2.45) is 5.73 Å². The van der Waals surface area contributed by atoms with Gasteiger partial charge < -0.3 is 15.8 Å². The molecule has 0 amide bonds. The minimum atomic E-state index is -0.310. The van der Waals surface area contributed by atoms with E-state index in [9.17, 15) is 4.39 Å². The predicted molar refractivity (Wildman–Crippen MR) is 76.8 cm³/mol. The van der Waals surface area contributed by atoms with Crippen molar-refractivity contribution in [3.05, 3.63) is 46.8 Å². The Morgan fingerprint density at radius 1 is 1.58 bits per heavy atom. The van der Waals surface area contributed by atoms with Gasteiger partial charge in [-0.1, -0.05) is 23.8 Å². The van der Waals surface area contributed by atoms with Gasteiger partial charge in [0, 0.05) is 29.7 Å². The highest BCUT2D eigenvalue weighted by atomic mass is 35.5. The second kappa shape index (κ2) is 8.27. The van der Waals surface area contributed by atoms with Gasteiger partial charge in [-0.3, -0.25) is 0 Å². The molecule has 0 bridgehead atoms. The smallest absolute Gasteiger partial charge is 0.128 e. The van der Waals surface area contributed by atoms with Crippen molar-refractivity contribution in [2.45, 2.75) is 13.0 Å². The highest BCUT2D eigenvalue weighted by molar-refractivity contribution is 6.30. The topological polar surface area (TPSA) is 47.3 Å². The molecule has 0 aliphatic rings. The Morgan fingerprint density at radius 3 is 2.95 bits per heavy atom. The fraction of sp³-hybridized carbons (Fsp3) is 0.429. The van der Waals surface area contributed by atoms with Crippen molar-refractivity contribution >= 4 is 11.6 Å². The van der Waals surface area contributed by atoms with Crippen LogP contribution in [0, 0.1) is 5.82 Å². The van der Waals surface area contributed by atoms with E-state index in [4.69, 9.17) is 22.1 Å². The molecule has 1 unspecified atom stereocenters. The van der Waals surface area contributed by atoms with Crippen LogP contribution in [0.3, 0.4) is 0 Å². The molecule has 0 heterocycles. The standard InChI is InChI=1S/C14H20ClFN2O/c1-10(2)9-19-6-5-18-14(8-17)12-7-11(15)3-4-13(12)16/h3-4,7,14,18H,1,5-6,8-9,17H2,2H3. The van der Waals surface area contributed by atoms with E-state index in [1.807, 2.05) is 6.92 Å². The molecule has 1 rings (SSSR count). The van der Waals surface area contributed by atoms with Crippen molar-refractivity contribution in [2.75, 3.05) is 26.3 Å². The Morgan fingerprint density at radius 2 is 2.32 bits per heavy atom. The summed E-state index contributed by atoms with van der Waals surface area (Å²) in [6.07, 6.45) is 0. The highest BCUT2D eigenvalue weighted by Crippen LogP contribution is 2.20. The van der Waals surface area contributed by atoms with Crippen LogP contribution in [0.25, 0.3) is 0 Å². The lowest BCUT2D eigenvalue weighted by molar-refractivity contribution is 0.155. The monoisotopic (exact) mass is 286 g/mol. The molecule has 0 radical (unpaired) electrons. The highest BCUT2D eigenvalue weighted by Gasteiger charge is 2.14. The van der Waals surface area contributed by atoms with Crippen LogP contribution in [-0.4, -0.2) is 26.3 Å². The molecule has 0 spiro atoms. The maximum atomic E-state index is 13.7. The Labute approximate surface area is 118 Å². The van der Waals surface area contributed by atoms with E-state index in [1.165, 1.54) is 12.1 Å². The molecular formula is C14H20ClFN2O. The first kappa shape index (κ1) is 16.1. The molecule has 106 valence electrons. The van der Waals surface area contributed by atoms with E-state index < -0.39 is 0 Å². The molecule has 1 aromatic rings. The number of benzene rings is 1. The molecule has 0 saturated heterocycles. The summed E-state index contributed by atoms with van der Waals surface area (Å²) < 4.78 is 19.0. The molecule has 3 nitrogen and oxygen atoms in total. The van der Waals surface area contributed by atoms with Crippen LogP contribution in [0.4, 0.5) is 4.39 Å². The van der Waals surface area contributed by atoms with Gasteiger partial charge in [-0.25, -0.2) is 4.39 Å². The average Bonchev–Trinajstić information content (AvgIpc) is 2.37. The van der Waals surface area contributed by atoms with E-state index in [1.54, 1.807) is 6.07 Å². The van der Waals surface area contributed by atoms with E-state index >= 15 is 0 Å². The molecule has 19 heavy (non-hydrogen) atoms. The normalized spacial score (nSPS) is 12.4. The summed E-state index contributed by atoms with van der Waals surface area (Å²) in [5.41, 5.74) is 7.11. The van der Waals surface area contributed by atoms with E-state index in [0.29, 0.717) is 30.3 Å².